The van der Waals surface area contributed by atoms with Crippen LogP contribution in [0.25, 0.3) is 11.3 Å². The molecule has 16 heavy (non-hydrogen) atoms. The summed E-state index contributed by atoms with van der Waals surface area (Å²) in [6.45, 7) is 0. The first-order valence-electron chi connectivity index (χ1n) is 4.47. The monoisotopic (exact) mass is 217 g/mol. The van der Waals surface area contributed by atoms with Crippen LogP contribution in [0.15, 0.2) is 41.5 Å². The fraction of sp³-hybridized carbons (Fsp3) is 0. The standard InChI is InChI=1S/C10H7N3O3/c14-10-6-11-8(5-12-10)7-3-1-2-4-9(7)13(15)16/h1-6H,(H,12,14). The Hall–Kier alpha value is -2.50. The maximum Gasteiger partial charge on any atom is 0.278 e. The molecule has 0 aliphatic heterocycles. The highest BCUT2D eigenvalue weighted by molar-refractivity contribution is 5.69. The van der Waals surface area contributed by atoms with Crippen LogP contribution in [0.4, 0.5) is 5.69 Å². The predicted octanol–water partition coefficient (Wildman–Crippen LogP) is 1.35. The third-order valence-corrected chi connectivity index (χ3v) is 2.05. The lowest BCUT2D eigenvalue weighted by atomic mass is 10.1. The average molecular weight is 217 g/mol. The Morgan fingerprint density at radius 1 is 1.31 bits per heavy atom. The number of nitrogens with one attached hydrogen (secondary N) is 1. The van der Waals surface area contributed by atoms with Gasteiger partial charge in [-0.3, -0.25) is 14.9 Å². The van der Waals surface area contributed by atoms with Crippen molar-refractivity contribution in [3.63, 3.8) is 0 Å². The van der Waals surface area contributed by atoms with Gasteiger partial charge in [-0.2, -0.15) is 0 Å². The first-order chi connectivity index (χ1) is 7.68. The molecule has 1 heterocycles. The zero-order chi connectivity index (χ0) is 11.5. The molecule has 0 unspecified atom stereocenters. The van der Waals surface area contributed by atoms with Gasteiger partial charge in [-0.15, -0.1) is 0 Å². The molecular weight excluding hydrogens is 210 g/mol. The predicted molar refractivity (Wildman–Crippen MR) is 56.9 cm³/mol. The largest absolute Gasteiger partial charge is 0.326 e. The number of benzene rings is 1. The molecule has 0 aliphatic carbocycles. The number of para-hydroxylation sites is 1. The first-order valence-corrected chi connectivity index (χ1v) is 4.47. The van der Waals surface area contributed by atoms with E-state index in [1.807, 2.05) is 0 Å². The molecule has 0 radical (unpaired) electrons. The molecule has 1 aromatic heterocycles. The van der Waals surface area contributed by atoms with Crippen LogP contribution in [0.3, 0.4) is 0 Å². The second kappa shape index (κ2) is 3.93. The van der Waals surface area contributed by atoms with Crippen LogP contribution in [0.2, 0.25) is 0 Å². The summed E-state index contributed by atoms with van der Waals surface area (Å²) in [5, 5.41) is 10.8. The summed E-state index contributed by atoms with van der Waals surface area (Å²) < 4.78 is 0. The Morgan fingerprint density at radius 2 is 2.06 bits per heavy atom. The number of hydrogen-bond donors (Lipinski definition) is 1. The van der Waals surface area contributed by atoms with E-state index in [2.05, 4.69) is 9.97 Å². The first kappa shape index (κ1) is 10.0. The van der Waals surface area contributed by atoms with Gasteiger partial charge in [0.25, 0.3) is 11.2 Å². The Morgan fingerprint density at radius 3 is 2.69 bits per heavy atom. The minimum absolute atomic E-state index is 0.0398. The van der Waals surface area contributed by atoms with E-state index in [-0.39, 0.29) is 11.2 Å². The third kappa shape index (κ3) is 1.81. The van der Waals surface area contributed by atoms with Crippen LogP contribution < -0.4 is 5.56 Å². The molecular formula is C10H7N3O3. The molecule has 2 rings (SSSR count). The summed E-state index contributed by atoms with van der Waals surface area (Å²) in [6, 6.07) is 6.23. The van der Waals surface area contributed by atoms with Gasteiger partial charge in [-0.05, 0) is 6.07 Å². The van der Waals surface area contributed by atoms with Crippen LogP contribution in [-0.4, -0.2) is 14.9 Å². The normalized spacial score (nSPS) is 10.0. The van der Waals surface area contributed by atoms with E-state index in [1.165, 1.54) is 12.3 Å². The molecule has 0 saturated heterocycles. The topological polar surface area (TPSA) is 88.9 Å². The van der Waals surface area contributed by atoms with Crippen LogP contribution in [-0.2, 0) is 0 Å². The molecule has 0 aliphatic rings. The number of nitro groups is 1. The molecule has 0 amide bonds. The Balaban J connectivity index is 2.59. The second-order valence-electron chi connectivity index (χ2n) is 3.07. The number of H-pyrrole nitrogens is 1. The molecule has 0 saturated carbocycles. The molecule has 0 spiro atoms. The van der Waals surface area contributed by atoms with Gasteiger partial charge in [0.1, 0.15) is 0 Å². The third-order valence-electron chi connectivity index (χ3n) is 2.05. The summed E-state index contributed by atoms with van der Waals surface area (Å²) in [5.41, 5.74) is 0.361. The highest BCUT2D eigenvalue weighted by atomic mass is 16.6. The lowest BCUT2D eigenvalue weighted by Gasteiger charge is -2.00. The quantitative estimate of drug-likeness (QED) is 0.607. The number of aromatic amines is 1. The van der Waals surface area contributed by atoms with E-state index in [1.54, 1.807) is 18.2 Å². The number of nitrogens with zero attached hydrogens (tertiary/aromatic N) is 2. The molecule has 1 N–H and O–H groups in total. The molecule has 6 nitrogen and oxygen atoms in total. The van der Waals surface area contributed by atoms with Crippen molar-refractivity contribution in [3.05, 3.63) is 57.1 Å². The molecule has 6 heteroatoms. The number of aromatic nitrogens is 2. The van der Waals surface area contributed by atoms with Crippen molar-refractivity contribution >= 4 is 5.69 Å². The summed E-state index contributed by atoms with van der Waals surface area (Å²) in [6.07, 6.45) is 2.44. The number of nitro benzene ring substituents is 1. The molecule has 80 valence electrons. The van der Waals surface area contributed by atoms with E-state index in [0.717, 1.165) is 6.20 Å². The SMILES string of the molecule is O=c1cnc(-c2ccccc2[N+](=O)[O-])c[nH]1. The highest BCUT2D eigenvalue weighted by Crippen LogP contribution is 2.26. The van der Waals surface area contributed by atoms with Gasteiger partial charge in [0.05, 0.1) is 22.4 Å². The maximum absolute atomic E-state index is 10.8. The minimum Gasteiger partial charge on any atom is -0.326 e. The van der Waals surface area contributed by atoms with E-state index in [4.69, 9.17) is 0 Å². The van der Waals surface area contributed by atoms with Crippen molar-refractivity contribution in [1.82, 2.24) is 9.97 Å². The lowest BCUT2D eigenvalue weighted by molar-refractivity contribution is -0.384. The van der Waals surface area contributed by atoms with Gasteiger partial charge in [-0.1, -0.05) is 12.1 Å². The fourth-order valence-electron chi connectivity index (χ4n) is 1.34. The Bertz CT molecular complexity index is 571. The van der Waals surface area contributed by atoms with Crippen LogP contribution in [0, 0.1) is 10.1 Å². The smallest absolute Gasteiger partial charge is 0.278 e. The van der Waals surface area contributed by atoms with Crippen LogP contribution >= 0.6 is 0 Å². The second-order valence-corrected chi connectivity index (χ2v) is 3.07. The maximum atomic E-state index is 10.8. The highest BCUT2D eigenvalue weighted by Gasteiger charge is 2.14. The zero-order valence-corrected chi connectivity index (χ0v) is 8.08. The summed E-state index contributed by atoms with van der Waals surface area (Å²) >= 11 is 0. The van der Waals surface area contributed by atoms with E-state index < -0.39 is 4.92 Å². The van der Waals surface area contributed by atoms with Crippen molar-refractivity contribution in [3.8, 4) is 11.3 Å². The molecule has 0 bridgehead atoms. The zero-order valence-electron chi connectivity index (χ0n) is 8.08. The number of rotatable bonds is 2. The molecule has 1 aromatic carbocycles. The number of hydrogen-bond acceptors (Lipinski definition) is 4. The molecule has 2 aromatic rings. The summed E-state index contributed by atoms with van der Waals surface area (Å²) in [5.74, 6) is 0. The van der Waals surface area contributed by atoms with Gasteiger partial charge in [0.2, 0.25) is 0 Å². The Labute approximate surface area is 89.7 Å². The van der Waals surface area contributed by atoms with Gasteiger partial charge in [0.15, 0.2) is 0 Å². The van der Waals surface area contributed by atoms with Crippen molar-refractivity contribution in [1.29, 1.82) is 0 Å². The molecule has 0 atom stereocenters. The molecule has 0 fully saturated rings. The van der Waals surface area contributed by atoms with Gasteiger partial charge in [-0.25, -0.2) is 4.98 Å². The van der Waals surface area contributed by atoms with Crippen molar-refractivity contribution in [2.75, 3.05) is 0 Å². The van der Waals surface area contributed by atoms with Crippen molar-refractivity contribution < 1.29 is 4.92 Å². The summed E-state index contributed by atoms with van der Waals surface area (Å²) in [7, 11) is 0. The Kier molecular flexibility index (Phi) is 2.47. The lowest BCUT2D eigenvalue weighted by Crippen LogP contribution is -2.04. The van der Waals surface area contributed by atoms with Gasteiger partial charge >= 0.3 is 0 Å². The van der Waals surface area contributed by atoms with E-state index >= 15 is 0 Å². The average Bonchev–Trinajstić information content (AvgIpc) is 2.30. The van der Waals surface area contributed by atoms with E-state index in [9.17, 15) is 14.9 Å². The van der Waals surface area contributed by atoms with Gasteiger partial charge < -0.3 is 4.98 Å². The fourth-order valence-corrected chi connectivity index (χ4v) is 1.34. The van der Waals surface area contributed by atoms with Crippen molar-refractivity contribution in [2.24, 2.45) is 0 Å². The van der Waals surface area contributed by atoms with Crippen LogP contribution in [0.5, 0.6) is 0 Å². The van der Waals surface area contributed by atoms with Gasteiger partial charge in [0, 0.05) is 12.3 Å². The van der Waals surface area contributed by atoms with Crippen LogP contribution in [0.1, 0.15) is 0 Å². The van der Waals surface area contributed by atoms with Crippen molar-refractivity contribution in [2.45, 2.75) is 0 Å². The van der Waals surface area contributed by atoms with E-state index in [0.29, 0.717) is 11.3 Å². The summed E-state index contributed by atoms with van der Waals surface area (Å²) in [4.78, 5) is 27.4. The minimum atomic E-state index is -0.484.